The summed E-state index contributed by atoms with van der Waals surface area (Å²) in [5.41, 5.74) is 0.990. The summed E-state index contributed by atoms with van der Waals surface area (Å²) in [6.07, 6.45) is 1.87. The first-order valence-corrected chi connectivity index (χ1v) is 11.3. The largest absolute Gasteiger partial charge is 0.493 e. The summed E-state index contributed by atoms with van der Waals surface area (Å²) in [7, 11) is 1.41. The number of pyridine rings is 1. The highest BCUT2D eigenvalue weighted by Gasteiger charge is 2.11. The summed E-state index contributed by atoms with van der Waals surface area (Å²) in [5, 5.41) is 0. The maximum Gasteiger partial charge on any atom is 0.419 e. The molecule has 1 unspecified atom stereocenters. The number of aryl methyl sites for hydroxylation is 1. The first-order chi connectivity index (χ1) is 17.2. The van der Waals surface area contributed by atoms with Crippen LogP contribution in [0.2, 0.25) is 0 Å². The maximum atomic E-state index is 13.5. The van der Waals surface area contributed by atoms with Crippen LogP contribution in [0.15, 0.2) is 80.9 Å². The van der Waals surface area contributed by atoms with Crippen LogP contribution < -0.4 is 16.1 Å². The maximum absolute atomic E-state index is 13.5. The van der Waals surface area contributed by atoms with E-state index in [1.54, 1.807) is 19.9 Å². The van der Waals surface area contributed by atoms with Gasteiger partial charge in [-0.25, -0.2) is 14.2 Å². The number of nitrogens with one attached hydrogen (secondary N) is 1. The Balaban J connectivity index is 0.000000207. The number of esters is 1. The molecule has 8 nitrogen and oxygen atoms in total. The van der Waals surface area contributed by atoms with Crippen molar-refractivity contribution in [3.63, 3.8) is 0 Å². The number of carbonyl (C=O) groups excluding carboxylic acids is 1. The standard InChI is InChI=1S/C13H17FO2.C8H6N2O4.C6H6/c1-4-13(15)16-10(3)8-11-6-5-9(2)7-12(11)14;1-13-4-2-3-9-5-6(4)14-8(12)10-7(5)11;1-2-4-6-5-3-1/h5-7,10H,4,8H2,1-3H3;2-3H,1H3,(H,10,11,12);1-6H. The summed E-state index contributed by atoms with van der Waals surface area (Å²) in [5.74, 6) is -1.01. The number of hydrogen-bond donors (Lipinski definition) is 1. The molecule has 4 rings (SSSR count). The van der Waals surface area contributed by atoms with Gasteiger partial charge >= 0.3 is 11.7 Å². The zero-order valence-corrected chi connectivity index (χ0v) is 20.6. The van der Waals surface area contributed by atoms with Crippen molar-refractivity contribution in [2.45, 2.75) is 39.7 Å². The van der Waals surface area contributed by atoms with E-state index in [2.05, 4.69) is 4.98 Å². The normalized spacial score (nSPS) is 10.8. The Hall–Kier alpha value is -4.27. The second-order valence-electron chi connectivity index (χ2n) is 7.64. The third-order valence-electron chi connectivity index (χ3n) is 4.72. The van der Waals surface area contributed by atoms with Crippen LogP contribution in [0.25, 0.3) is 11.1 Å². The van der Waals surface area contributed by atoms with E-state index >= 15 is 0 Å². The number of rotatable bonds is 5. The second-order valence-corrected chi connectivity index (χ2v) is 7.64. The Kier molecular flexibility index (Phi) is 11.0. The van der Waals surface area contributed by atoms with Crippen LogP contribution >= 0.6 is 0 Å². The number of halogens is 1. The minimum absolute atomic E-state index is 0.0453. The number of benzene rings is 2. The van der Waals surface area contributed by atoms with Crippen LogP contribution in [0.1, 0.15) is 31.4 Å². The van der Waals surface area contributed by atoms with Crippen LogP contribution in [0.5, 0.6) is 5.75 Å². The molecule has 2 heterocycles. The number of aromatic amines is 1. The lowest BCUT2D eigenvalue weighted by molar-refractivity contribution is -0.147. The lowest BCUT2D eigenvalue weighted by Crippen LogP contribution is -2.19. The predicted molar refractivity (Wildman–Crippen MR) is 135 cm³/mol. The van der Waals surface area contributed by atoms with Crippen molar-refractivity contribution < 1.29 is 23.1 Å². The highest BCUT2D eigenvalue weighted by atomic mass is 19.1. The van der Waals surface area contributed by atoms with Gasteiger partial charge in [0.1, 0.15) is 11.9 Å². The van der Waals surface area contributed by atoms with Gasteiger partial charge < -0.3 is 13.9 Å². The van der Waals surface area contributed by atoms with Crippen molar-refractivity contribution in [2.24, 2.45) is 0 Å². The third kappa shape index (κ3) is 8.83. The number of carbonyl (C=O) groups is 1. The molecule has 2 aromatic heterocycles. The zero-order chi connectivity index (χ0) is 26.5. The number of methoxy groups -OCH3 is 1. The van der Waals surface area contributed by atoms with Crippen molar-refractivity contribution in [2.75, 3.05) is 7.11 Å². The predicted octanol–water partition coefficient (Wildman–Crippen LogP) is 4.59. The van der Waals surface area contributed by atoms with E-state index in [1.807, 2.05) is 54.4 Å². The molecule has 0 amide bonds. The van der Waals surface area contributed by atoms with Gasteiger partial charge in [-0.15, -0.1) is 0 Å². The summed E-state index contributed by atoms with van der Waals surface area (Å²) in [6.45, 7) is 5.35. The first kappa shape index (κ1) is 28.0. The van der Waals surface area contributed by atoms with Crippen LogP contribution in [-0.2, 0) is 16.0 Å². The van der Waals surface area contributed by atoms with Gasteiger partial charge in [0, 0.05) is 25.1 Å². The Morgan fingerprint density at radius 3 is 2.31 bits per heavy atom. The number of fused-ring (bicyclic) bond motifs is 1. The minimum atomic E-state index is -0.825. The van der Waals surface area contributed by atoms with E-state index in [1.165, 1.54) is 25.4 Å². The molecular weight excluding hydrogens is 467 g/mol. The number of nitrogens with zero attached hydrogens (tertiary/aromatic N) is 1. The summed E-state index contributed by atoms with van der Waals surface area (Å²) < 4.78 is 28.3. The highest BCUT2D eigenvalue weighted by Crippen LogP contribution is 2.18. The number of H-pyrrole nitrogens is 1. The van der Waals surface area contributed by atoms with Crippen molar-refractivity contribution in [3.8, 4) is 5.75 Å². The monoisotopic (exact) mass is 496 g/mol. The fraction of sp³-hybridized carbons (Fsp3) is 0.259. The van der Waals surface area contributed by atoms with E-state index in [0.29, 0.717) is 24.2 Å². The number of ether oxygens (including phenoxy) is 2. The van der Waals surface area contributed by atoms with Gasteiger partial charge in [-0.05, 0) is 31.0 Å². The fourth-order valence-corrected chi connectivity index (χ4v) is 2.98. The summed E-state index contributed by atoms with van der Waals surface area (Å²) in [4.78, 5) is 38.9. The van der Waals surface area contributed by atoms with E-state index in [9.17, 15) is 18.8 Å². The molecule has 0 saturated carbocycles. The van der Waals surface area contributed by atoms with Gasteiger partial charge in [-0.2, -0.15) is 0 Å². The molecule has 1 N–H and O–H groups in total. The average Bonchev–Trinajstić information content (AvgIpc) is 2.87. The highest BCUT2D eigenvalue weighted by molar-refractivity contribution is 5.76. The molecule has 1 atom stereocenters. The van der Waals surface area contributed by atoms with E-state index in [4.69, 9.17) is 13.9 Å². The molecular formula is C27H29FN2O6. The average molecular weight is 497 g/mol. The van der Waals surface area contributed by atoms with Crippen molar-refractivity contribution in [3.05, 3.63) is 105 Å². The molecule has 0 aliphatic carbocycles. The first-order valence-electron chi connectivity index (χ1n) is 11.3. The summed E-state index contributed by atoms with van der Waals surface area (Å²) in [6, 6.07) is 18.6. The molecule has 36 heavy (non-hydrogen) atoms. The van der Waals surface area contributed by atoms with Gasteiger partial charge in [0.2, 0.25) is 5.58 Å². The third-order valence-corrected chi connectivity index (χ3v) is 4.72. The Morgan fingerprint density at radius 1 is 1.11 bits per heavy atom. The summed E-state index contributed by atoms with van der Waals surface area (Å²) >= 11 is 0. The lowest BCUT2D eigenvalue weighted by Gasteiger charge is -2.13. The molecule has 0 aliphatic heterocycles. The molecule has 9 heteroatoms. The van der Waals surface area contributed by atoms with Crippen LogP contribution in [0.3, 0.4) is 0 Å². The van der Waals surface area contributed by atoms with Crippen LogP contribution in [0, 0.1) is 12.7 Å². The van der Waals surface area contributed by atoms with E-state index in [0.717, 1.165) is 5.56 Å². The second kappa shape index (κ2) is 14.2. The molecule has 0 aliphatic rings. The molecule has 4 aromatic rings. The molecule has 0 spiro atoms. The van der Waals surface area contributed by atoms with Crippen molar-refractivity contribution in [1.82, 2.24) is 9.97 Å². The molecule has 0 saturated heterocycles. The molecule has 0 fully saturated rings. The molecule has 190 valence electrons. The van der Waals surface area contributed by atoms with E-state index < -0.39 is 11.3 Å². The molecule has 0 radical (unpaired) electrons. The minimum Gasteiger partial charge on any atom is -0.493 e. The lowest BCUT2D eigenvalue weighted by atomic mass is 10.1. The van der Waals surface area contributed by atoms with Gasteiger partial charge in [-0.1, -0.05) is 55.5 Å². The van der Waals surface area contributed by atoms with Crippen molar-refractivity contribution >= 4 is 17.1 Å². The van der Waals surface area contributed by atoms with E-state index in [-0.39, 0.29) is 29.0 Å². The smallest absolute Gasteiger partial charge is 0.419 e. The molecule has 2 aromatic carbocycles. The van der Waals surface area contributed by atoms with Crippen LogP contribution in [-0.4, -0.2) is 29.2 Å². The van der Waals surface area contributed by atoms with Gasteiger partial charge in [0.15, 0.2) is 11.3 Å². The van der Waals surface area contributed by atoms with Gasteiger partial charge in [-0.3, -0.25) is 14.6 Å². The Bertz CT molecular complexity index is 1340. The SMILES string of the molecule is CCC(=O)OC(C)Cc1ccc(C)cc1F.COc1ccnc2c(=O)[nH]c(=O)oc12.c1ccccc1. The van der Waals surface area contributed by atoms with Crippen molar-refractivity contribution in [1.29, 1.82) is 0 Å². The number of aromatic nitrogens is 2. The zero-order valence-electron chi connectivity index (χ0n) is 20.6. The molecule has 0 bridgehead atoms. The van der Waals surface area contributed by atoms with Crippen LogP contribution in [0.4, 0.5) is 4.39 Å². The Morgan fingerprint density at radius 2 is 1.75 bits per heavy atom. The fourth-order valence-electron chi connectivity index (χ4n) is 2.98. The van der Waals surface area contributed by atoms with Gasteiger partial charge in [0.25, 0.3) is 5.56 Å². The number of hydrogen-bond acceptors (Lipinski definition) is 7. The Labute approximate surface area is 207 Å². The topological polar surface area (TPSA) is 111 Å². The van der Waals surface area contributed by atoms with Gasteiger partial charge in [0.05, 0.1) is 7.11 Å². The quantitative estimate of drug-likeness (QED) is 0.402.